The lowest BCUT2D eigenvalue weighted by Gasteiger charge is -2.20. The molecule has 0 saturated heterocycles. The minimum absolute atomic E-state index is 0.221. The average molecular weight is 258 g/mol. The monoisotopic (exact) mass is 258 g/mol. The first kappa shape index (κ1) is 11.8. The Bertz CT molecular complexity index is 628. The smallest absolute Gasteiger partial charge is 0.125 e. The van der Waals surface area contributed by atoms with Gasteiger partial charge in [-0.2, -0.15) is 0 Å². The Morgan fingerprint density at radius 1 is 1.21 bits per heavy atom. The highest BCUT2D eigenvalue weighted by atomic mass is 19.1. The van der Waals surface area contributed by atoms with Crippen LogP contribution in [0.2, 0.25) is 0 Å². The van der Waals surface area contributed by atoms with E-state index in [4.69, 9.17) is 5.73 Å². The van der Waals surface area contributed by atoms with Gasteiger partial charge in [-0.15, -0.1) is 0 Å². The van der Waals surface area contributed by atoms with E-state index in [1.807, 2.05) is 6.07 Å². The maximum atomic E-state index is 13.3. The van der Waals surface area contributed by atoms with Crippen molar-refractivity contribution in [1.29, 1.82) is 0 Å². The molecule has 19 heavy (non-hydrogen) atoms. The van der Waals surface area contributed by atoms with Gasteiger partial charge in [0.25, 0.3) is 0 Å². The van der Waals surface area contributed by atoms with Crippen molar-refractivity contribution in [3.63, 3.8) is 0 Å². The first-order valence-electron chi connectivity index (χ1n) is 6.24. The van der Waals surface area contributed by atoms with Crippen LogP contribution in [-0.2, 0) is 13.0 Å². The Labute approximate surface area is 111 Å². The highest BCUT2D eigenvalue weighted by molar-refractivity contribution is 5.59. The van der Waals surface area contributed by atoms with Crippen LogP contribution < -0.4 is 10.6 Å². The Balaban J connectivity index is 1.90. The molecule has 98 valence electrons. The van der Waals surface area contributed by atoms with Crippen LogP contribution >= 0.6 is 0 Å². The van der Waals surface area contributed by atoms with Gasteiger partial charge in [-0.1, -0.05) is 6.07 Å². The Hall–Kier alpha value is -2.23. The number of aromatic hydroxyl groups is 1. The molecular formula is C15H15FN2O. The minimum Gasteiger partial charge on any atom is -0.508 e. The zero-order chi connectivity index (χ0) is 13.4. The molecule has 3 rings (SSSR count). The van der Waals surface area contributed by atoms with E-state index in [9.17, 15) is 9.50 Å². The number of phenols is 1. The van der Waals surface area contributed by atoms with E-state index in [-0.39, 0.29) is 11.6 Å². The third-order valence-corrected chi connectivity index (χ3v) is 3.50. The van der Waals surface area contributed by atoms with Crippen LogP contribution in [0, 0.1) is 5.82 Å². The van der Waals surface area contributed by atoms with Crippen molar-refractivity contribution < 1.29 is 9.50 Å². The summed E-state index contributed by atoms with van der Waals surface area (Å²) in [5.41, 5.74) is 9.16. The quantitative estimate of drug-likeness (QED) is 0.643. The first-order valence-corrected chi connectivity index (χ1v) is 6.24. The molecule has 0 spiro atoms. The Kier molecular flexibility index (Phi) is 2.78. The molecule has 3 nitrogen and oxygen atoms in total. The van der Waals surface area contributed by atoms with E-state index in [1.54, 1.807) is 24.3 Å². The molecular weight excluding hydrogens is 243 g/mol. The number of halogens is 1. The van der Waals surface area contributed by atoms with Gasteiger partial charge < -0.3 is 15.7 Å². The van der Waals surface area contributed by atoms with Gasteiger partial charge >= 0.3 is 0 Å². The van der Waals surface area contributed by atoms with E-state index in [0.29, 0.717) is 12.2 Å². The summed E-state index contributed by atoms with van der Waals surface area (Å²) >= 11 is 0. The third kappa shape index (κ3) is 2.21. The lowest BCUT2D eigenvalue weighted by molar-refractivity contribution is 0.467. The predicted octanol–water partition coefficient (Wildman–Crippen LogP) is 2.68. The van der Waals surface area contributed by atoms with Crippen LogP contribution in [0.5, 0.6) is 5.75 Å². The second-order valence-corrected chi connectivity index (χ2v) is 4.83. The number of nitrogens with two attached hydrogens (primary N) is 1. The maximum absolute atomic E-state index is 13.3. The topological polar surface area (TPSA) is 49.5 Å². The molecule has 1 aliphatic heterocycles. The number of nitrogen functional groups attached to an aromatic ring is 1. The third-order valence-electron chi connectivity index (χ3n) is 3.50. The van der Waals surface area contributed by atoms with Crippen molar-refractivity contribution in [1.82, 2.24) is 0 Å². The molecule has 0 aliphatic carbocycles. The number of rotatable bonds is 2. The van der Waals surface area contributed by atoms with Gasteiger partial charge in [0.05, 0.1) is 0 Å². The van der Waals surface area contributed by atoms with Gasteiger partial charge in [-0.25, -0.2) is 4.39 Å². The number of phenolic OH excluding ortho intramolecular Hbond substituents is 1. The van der Waals surface area contributed by atoms with E-state index in [0.717, 1.165) is 29.8 Å². The number of anilines is 2. The van der Waals surface area contributed by atoms with Crippen molar-refractivity contribution in [2.45, 2.75) is 13.0 Å². The van der Waals surface area contributed by atoms with Gasteiger partial charge in [0.2, 0.25) is 0 Å². The summed E-state index contributed by atoms with van der Waals surface area (Å²) < 4.78 is 13.3. The maximum Gasteiger partial charge on any atom is 0.125 e. The molecule has 0 saturated carbocycles. The molecule has 0 aromatic heterocycles. The van der Waals surface area contributed by atoms with Gasteiger partial charge in [0.1, 0.15) is 11.6 Å². The molecule has 1 aliphatic rings. The van der Waals surface area contributed by atoms with E-state index < -0.39 is 0 Å². The second kappa shape index (κ2) is 4.46. The zero-order valence-electron chi connectivity index (χ0n) is 10.4. The SMILES string of the molecule is Nc1ccc(O)c(CN2CCc3ccc(F)cc32)c1. The number of fused-ring (bicyclic) bond motifs is 1. The van der Waals surface area contributed by atoms with Gasteiger partial charge in [0, 0.05) is 30.0 Å². The Morgan fingerprint density at radius 2 is 2.05 bits per heavy atom. The molecule has 2 aromatic rings. The van der Waals surface area contributed by atoms with Gasteiger partial charge in [-0.05, 0) is 42.3 Å². The zero-order valence-corrected chi connectivity index (χ0v) is 10.4. The molecule has 1 heterocycles. The molecule has 0 fully saturated rings. The second-order valence-electron chi connectivity index (χ2n) is 4.83. The fraction of sp³-hybridized carbons (Fsp3) is 0.200. The first-order chi connectivity index (χ1) is 9.13. The normalized spacial score (nSPS) is 13.6. The van der Waals surface area contributed by atoms with Crippen LogP contribution in [0.4, 0.5) is 15.8 Å². The summed E-state index contributed by atoms with van der Waals surface area (Å²) in [6, 6.07) is 9.87. The van der Waals surface area contributed by atoms with Crippen molar-refractivity contribution in [3.8, 4) is 5.75 Å². The number of benzene rings is 2. The van der Waals surface area contributed by atoms with Gasteiger partial charge in [-0.3, -0.25) is 0 Å². The van der Waals surface area contributed by atoms with Crippen molar-refractivity contribution in [3.05, 3.63) is 53.3 Å². The van der Waals surface area contributed by atoms with Crippen LogP contribution in [0.25, 0.3) is 0 Å². The van der Waals surface area contributed by atoms with Crippen molar-refractivity contribution in [2.24, 2.45) is 0 Å². The summed E-state index contributed by atoms with van der Waals surface area (Å²) in [6.45, 7) is 1.36. The van der Waals surface area contributed by atoms with E-state index in [2.05, 4.69) is 4.90 Å². The number of hydrogen-bond acceptors (Lipinski definition) is 3. The molecule has 0 radical (unpaired) electrons. The Morgan fingerprint density at radius 3 is 2.89 bits per heavy atom. The molecule has 0 unspecified atom stereocenters. The highest BCUT2D eigenvalue weighted by Gasteiger charge is 2.20. The van der Waals surface area contributed by atoms with E-state index in [1.165, 1.54) is 6.07 Å². The van der Waals surface area contributed by atoms with Crippen molar-refractivity contribution >= 4 is 11.4 Å². The van der Waals surface area contributed by atoms with Crippen LogP contribution in [0.1, 0.15) is 11.1 Å². The van der Waals surface area contributed by atoms with E-state index >= 15 is 0 Å². The summed E-state index contributed by atoms with van der Waals surface area (Å²) in [6.07, 6.45) is 0.901. The van der Waals surface area contributed by atoms with Gasteiger partial charge in [0.15, 0.2) is 0 Å². The average Bonchev–Trinajstić information content (AvgIpc) is 2.77. The highest BCUT2D eigenvalue weighted by Crippen LogP contribution is 2.31. The largest absolute Gasteiger partial charge is 0.508 e. The standard InChI is InChI=1S/C15H15FN2O/c16-12-2-1-10-5-6-18(14(10)8-12)9-11-7-13(17)3-4-15(11)19/h1-4,7-8,19H,5-6,9,17H2. The fourth-order valence-electron chi connectivity index (χ4n) is 2.52. The number of hydrogen-bond donors (Lipinski definition) is 2. The molecule has 2 aromatic carbocycles. The summed E-state index contributed by atoms with van der Waals surface area (Å²) in [7, 11) is 0. The molecule has 3 N–H and O–H groups in total. The van der Waals surface area contributed by atoms with Crippen molar-refractivity contribution in [2.75, 3.05) is 17.2 Å². The predicted molar refractivity (Wildman–Crippen MR) is 73.7 cm³/mol. The van der Waals surface area contributed by atoms with Crippen LogP contribution in [-0.4, -0.2) is 11.7 Å². The fourth-order valence-corrected chi connectivity index (χ4v) is 2.52. The summed E-state index contributed by atoms with van der Waals surface area (Å²) in [5, 5.41) is 9.84. The molecule has 0 bridgehead atoms. The summed E-state index contributed by atoms with van der Waals surface area (Å²) in [4.78, 5) is 2.06. The lowest BCUT2D eigenvalue weighted by Crippen LogP contribution is -2.19. The van der Waals surface area contributed by atoms with Crippen LogP contribution in [0.3, 0.4) is 0 Å². The lowest BCUT2D eigenvalue weighted by atomic mass is 10.1. The molecule has 0 atom stereocenters. The molecule has 4 heteroatoms. The molecule has 0 amide bonds. The number of nitrogens with zero attached hydrogens (tertiary/aromatic N) is 1. The van der Waals surface area contributed by atoms with Crippen LogP contribution in [0.15, 0.2) is 36.4 Å². The summed E-state index contributed by atoms with van der Waals surface area (Å²) in [5.74, 6) is -0.0125. The minimum atomic E-state index is -0.234.